The number of hydrogen-bond donors (Lipinski definition) is 2. The fourth-order valence-electron chi connectivity index (χ4n) is 4.02. The normalized spacial score (nSPS) is 12.6. The molecule has 23 heteroatoms. The first-order valence-electron chi connectivity index (χ1n) is 14.0. The van der Waals surface area contributed by atoms with Crippen LogP contribution in [-0.2, 0) is 47.8 Å². The first-order valence-corrected chi connectivity index (χ1v) is 15.9. The van der Waals surface area contributed by atoms with Crippen LogP contribution in [0.3, 0.4) is 0 Å². The zero-order valence-electron chi connectivity index (χ0n) is 26.4. The highest BCUT2D eigenvalue weighted by molar-refractivity contribution is 7.88. The Labute approximate surface area is 293 Å². The molecule has 0 aliphatic heterocycles. The third-order valence-electron chi connectivity index (χ3n) is 6.52. The molecule has 0 aliphatic carbocycles. The molecule has 0 atom stereocenters. The molecule has 4 aromatic rings. The van der Waals surface area contributed by atoms with Gasteiger partial charge < -0.3 is 15.2 Å². The lowest BCUT2D eigenvalue weighted by atomic mass is 10.1. The second-order valence-electron chi connectivity index (χ2n) is 10.7. The van der Waals surface area contributed by atoms with Crippen LogP contribution in [0.25, 0.3) is 0 Å². The number of nitrogens with one attached hydrogen (secondary N) is 1. The highest BCUT2D eigenvalue weighted by Gasteiger charge is 2.38. The van der Waals surface area contributed by atoms with Crippen LogP contribution in [0.2, 0.25) is 0 Å². The summed E-state index contributed by atoms with van der Waals surface area (Å²) in [5.41, 5.74) is -2.21. The van der Waals surface area contributed by atoms with Gasteiger partial charge in [-0.2, -0.15) is 52.7 Å². The van der Waals surface area contributed by atoms with E-state index in [4.69, 9.17) is 15.2 Å². The van der Waals surface area contributed by atoms with Crippen molar-refractivity contribution in [1.82, 2.24) is 4.72 Å². The van der Waals surface area contributed by atoms with Crippen LogP contribution in [0.15, 0.2) is 60.7 Å². The summed E-state index contributed by atoms with van der Waals surface area (Å²) in [7, 11) is -3.73. The summed E-state index contributed by atoms with van der Waals surface area (Å²) in [5.74, 6) is -8.55. The summed E-state index contributed by atoms with van der Waals surface area (Å²) < 4.78 is 242. The summed E-state index contributed by atoms with van der Waals surface area (Å²) in [4.78, 5) is 0. The average Bonchev–Trinajstić information content (AvgIpc) is 3.01. The van der Waals surface area contributed by atoms with Crippen LogP contribution >= 0.6 is 0 Å². The molecule has 296 valence electrons. The molecule has 0 aliphatic rings. The zero-order chi connectivity index (χ0) is 41.2. The number of nitrogens with two attached hydrogens (primary N) is 1. The summed E-state index contributed by atoms with van der Waals surface area (Å²) in [5, 5.41) is 0. The number of rotatable bonds is 8. The summed E-state index contributed by atoms with van der Waals surface area (Å²) in [6.07, 6.45) is -19.7. The number of sulfonamides is 1. The maximum absolute atomic E-state index is 14.1. The number of halogens is 16. The molecule has 6 nitrogen and oxygen atoms in total. The lowest BCUT2D eigenvalue weighted by Gasteiger charge is -2.15. The maximum atomic E-state index is 14.1. The monoisotopic (exact) mass is 820 g/mol. The van der Waals surface area contributed by atoms with Crippen molar-refractivity contribution in [2.75, 3.05) is 6.26 Å². The average molecular weight is 821 g/mol. The molecule has 54 heavy (non-hydrogen) atoms. The lowest BCUT2D eigenvalue weighted by molar-refractivity contribution is -0.144. The van der Waals surface area contributed by atoms with Gasteiger partial charge in [0.25, 0.3) is 0 Å². The third kappa shape index (κ3) is 12.1. The smallest absolute Gasteiger partial charge is 0.416 e. The van der Waals surface area contributed by atoms with E-state index in [0.717, 1.165) is 6.26 Å². The van der Waals surface area contributed by atoms with Crippen LogP contribution in [-0.4, -0.2) is 14.7 Å². The van der Waals surface area contributed by atoms with Crippen molar-refractivity contribution in [2.45, 2.75) is 37.8 Å². The van der Waals surface area contributed by atoms with Crippen LogP contribution < -0.4 is 19.9 Å². The van der Waals surface area contributed by atoms with Gasteiger partial charge in [0.15, 0.2) is 23.1 Å². The van der Waals surface area contributed by atoms with E-state index in [1.165, 1.54) is 0 Å². The van der Waals surface area contributed by atoms with Gasteiger partial charge in [-0.15, -0.1) is 0 Å². The van der Waals surface area contributed by atoms with Crippen molar-refractivity contribution in [3.63, 3.8) is 0 Å². The molecule has 0 radical (unpaired) electrons. The largest absolute Gasteiger partial charge is 0.454 e. The predicted octanol–water partition coefficient (Wildman–Crippen LogP) is 10.1. The maximum Gasteiger partial charge on any atom is 0.416 e. The van der Waals surface area contributed by atoms with Crippen molar-refractivity contribution in [3.8, 4) is 23.0 Å². The Kier molecular flexibility index (Phi) is 12.9. The molecule has 0 amide bonds. The number of hydrogen-bond acceptors (Lipinski definition) is 5. The van der Waals surface area contributed by atoms with Gasteiger partial charge in [0.05, 0.1) is 28.5 Å². The Balaban J connectivity index is 0.000000294. The van der Waals surface area contributed by atoms with E-state index >= 15 is 0 Å². The molecule has 4 aromatic carbocycles. The van der Waals surface area contributed by atoms with Crippen molar-refractivity contribution in [1.29, 1.82) is 0 Å². The van der Waals surface area contributed by atoms with Gasteiger partial charge in [0.2, 0.25) is 10.0 Å². The van der Waals surface area contributed by atoms with Crippen molar-refractivity contribution in [3.05, 3.63) is 117 Å². The summed E-state index contributed by atoms with van der Waals surface area (Å²) >= 11 is 0. The quantitative estimate of drug-likeness (QED) is 0.173. The van der Waals surface area contributed by atoms with E-state index in [1.807, 2.05) is 4.72 Å². The predicted molar refractivity (Wildman–Crippen MR) is 155 cm³/mol. The second-order valence-corrected chi connectivity index (χ2v) is 12.6. The number of ether oxygens (including phenoxy) is 2. The molecule has 0 heterocycles. The Hall–Kier alpha value is -4.77. The molecule has 0 saturated heterocycles. The van der Waals surface area contributed by atoms with Gasteiger partial charge in [-0.05, 0) is 48.5 Å². The minimum atomic E-state index is -5.15. The number of alkyl halides is 12. The molecule has 0 unspecified atom stereocenters. The molecule has 4 rings (SSSR count). The zero-order valence-corrected chi connectivity index (χ0v) is 27.2. The second kappa shape index (κ2) is 15.9. The van der Waals surface area contributed by atoms with Gasteiger partial charge in [-0.1, -0.05) is 0 Å². The lowest BCUT2D eigenvalue weighted by Crippen LogP contribution is -2.22. The van der Waals surface area contributed by atoms with Crippen molar-refractivity contribution >= 4 is 10.0 Å². The first-order chi connectivity index (χ1) is 24.5. The number of benzene rings is 4. The molecule has 3 N–H and O–H groups in total. The Morgan fingerprint density at radius 1 is 0.519 bits per heavy atom. The van der Waals surface area contributed by atoms with Crippen LogP contribution in [0, 0.1) is 23.3 Å². The van der Waals surface area contributed by atoms with Gasteiger partial charge in [-0.3, -0.25) is 0 Å². The van der Waals surface area contributed by atoms with Crippen LogP contribution in [0.4, 0.5) is 70.2 Å². The van der Waals surface area contributed by atoms with Gasteiger partial charge in [0.1, 0.15) is 23.1 Å². The van der Waals surface area contributed by atoms with Crippen LogP contribution in [0.1, 0.15) is 33.4 Å². The molecule has 0 bridgehead atoms. The Morgan fingerprint density at radius 2 is 0.833 bits per heavy atom. The van der Waals surface area contributed by atoms with E-state index in [1.54, 1.807) is 0 Å². The van der Waals surface area contributed by atoms with Crippen LogP contribution in [0.5, 0.6) is 23.0 Å². The van der Waals surface area contributed by atoms with E-state index in [2.05, 4.69) is 0 Å². The third-order valence-corrected chi connectivity index (χ3v) is 7.19. The van der Waals surface area contributed by atoms with Gasteiger partial charge >= 0.3 is 24.7 Å². The molecular weight excluding hydrogens is 800 g/mol. The molecular formula is C31H20F16N2O4S. The topological polar surface area (TPSA) is 90.7 Å². The SMILES string of the molecule is CS(=O)(=O)NCc1cc(F)c(Oc2cc(C(F)(F)F)cc(C(F)(F)F)c2)cc1F.NCc1cc(F)c(Oc2cc(C(F)(F)F)cc(C(F)(F)F)c2)cc1F. The molecule has 0 aromatic heterocycles. The van der Waals surface area contributed by atoms with Gasteiger partial charge in [-0.25, -0.2) is 30.7 Å². The Bertz CT molecular complexity index is 2030. The molecule has 0 saturated carbocycles. The molecule has 0 fully saturated rings. The first kappa shape index (κ1) is 43.6. The van der Waals surface area contributed by atoms with E-state index < -0.39 is 115 Å². The van der Waals surface area contributed by atoms with E-state index in [-0.39, 0.29) is 48.5 Å². The Morgan fingerprint density at radius 3 is 1.13 bits per heavy atom. The highest BCUT2D eigenvalue weighted by atomic mass is 32.2. The fraction of sp³-hybridized carbons (Fsp3) is 0.226. The van der Waals surface area contributed by atoms with E-state index in [9.17, 15) is 78.7 Å². The minimum Gasteiger partial charge on any atom is -0.454 e. The highest BCUT2D eigenvalue weighted by Crippen LogP contribution is 2.41. The fourth-order valence-corrected chi connectivity index (χ4v) is 4.44. The standard InChI is InChI=1S/C16H11F8NO3S.C15H9F8NO/c1-29(26,27)25-7-8-2-13(18)14(6-12(8)17)28-11-4-9(15(19,20)21)3-10(5-11)16(22,23)24;16-11-5-13(12(17)1-7(11)6-24)25-10-3-8(14(18,19)20)2-9(4-10)15(21,22)23/h2-6,25H,7H2,1H3;1-5H,6,24H2. The summed E-state index contributed by atoms with van der Waals surface area (Å²) in [6.45, 7) is -0.992. The molecule has 0 spiro atoms. The summed E-state index contributed by atoms with van der Waals surface area (Å²) in [6, 6.07) is 2.66. The van der Waals surface area contributed by atoms with E-state index in [0.29, 0.717) is 24.3 Å². The van der Waals surface area contributed by atoms with Crippen molar-refractivity contribution < 1.29 is 88.1 Å². The van der Waals surface area contributed by atoms with Crippen molar-refractivity contribution in [2.24, 2.45) is 5.73 Å². The van der Waals surface area contributed by atoms with Gasteiger partial charge in [0, 0.05) is 36.3 Å². The minimum absolute atomic E-state index is 0.110.